The first kappa shape index (κ1) is 27.9. The number of amides is 3. The second-order valence-corrected chi connectivity index (χ2v) is 8.40. The number of hydrogen-bond donors (Lipinski definition) is 3. The summed E-state index contributed by atoms with van der Waals surface area (Å²) >= 11 is 12.1. The van der Waals surface area contributed by atoms with E-state index in [9.17, 15) is 24.3 Å². The van der Waals surface area contributed by atoms with E-state index in [1.807, 2.05) is 6.07 Å². The van der Waals surface area contributed by atoms with Crippen LogP contribution in [0.1, 0.15) is 26.4 Å². The third kappa shape index (κ3) is 6.61. The predicted molar refractivity (Wildman–Crippen MR) is 125 cm³/mol. The Bertz CT molecular complexity index is 1180. The number of rotatable bonds is 6. The van der Waals surface area contributed by atoms with Gasteiger partial charge in [-0.1, -0.05) is 47.5 Å². The van der Waals surface area contributed by atoms with Gasteiger partial charge < -0.3 is 22.1 Å². The molecule has 2 unspecified atom stereocenters. The van der Waals surface area contributed by atoms with Crippen LogP contribution >= 0.6 is 23.2 Å². The van der Waals surface area contributed by atoms with Crippen molar-refractivity contribution in [3.8, 4) is 11.1 Å². The van der Waals surface area contributed by atoms with Crippen LogP contribution in [0.25, 0.3) is 11.1 Å². The van der Waals surface area contributed by atoms with Crippen LogP contribution in [0, 0.1) is 0 Å². The molecular weight excluding hydrogens is 492 g/mol. The Balaban J connectivity index is 0.00000306. The number of ketones is 1. The number of benzene rings is 2. The Morgan fingerprint density at radius 2 is 1.79 bits per heavy atom. The Kier molecular flexibility index (Phi) is 9.73. The van der Waals surface area contributed by atoms with Gasteiger partial charge in [0.1, 0.15) is 0 Å². The van der Waals surface area contributed by atoms with E-state index in [0.29, 0.717) is 21.2 Å². The molecule has 0 bridgehead atoms. The molecule has 0 saturated carbocycles. The summed E-state index contributed by atoms with van der Waals surface area (Å²) in [6.45, 7) is 1.54. The number of aliphatic carboxylic acids is 1. The number of carbonyl (C=O) groups excluding carboxylic acids is 3. The van der Waals surface area contributed by atoms with Crippen molar-refractivity contribution in [3.63, 3.8) is 0 Å². The average Bonchev–Trinajstić information content (AvgIpc) is 2.76. The average molecular weight is 514 g/mol. The van der Waals surface area contributed by atoms with Crippen molar-refractivity contribution in [3.05, 3.63) is 69.8 Å². The summed E-state index contributed by atoms with van der Waals surface area (Å²) in [5.41, 5.74) is 2.33. The molecule has 0 aliphatic carbocycles. The predicted octanol–water partition coefficient (Wildman–Crippen LogP) is 0.905. The van der Waals surface area contributed by atoms with Crippen molar-refractivity contribution >= 4 is 46.9 Å². The number of carboxylic acids is 1. The minimum Gasteiger partial charge on any atom is -1.00 e. The Morgan fingerprint density at radius 1 is 1.12 bits per heavy atom. The Labute approximate surface area is 230 Å². The molecule has 2 atom stereocenters. The van der Waals surface area contributed by atoms with E-state index >= 15 is 0 Å². The molecule has 174 valence electrons. The van der Waals surface area contributed by atoms with Crippen molar-refractivity contribution in [2.75, 3.05) is 7.05 Å². The standard InChI is InChI=1S/C23H21Cl2N3O5.Na.H/c1-12-11-28(2)22(32)20(21(12)31)27-23(33)26-18(10-19(29)30)15-5-3-4-13(8-15)14-6-7-16(24)17(25)9-14;;/h3-9,11,18,20H,10H2,1-2H3,(H,29,30)(H2,26,27,33);;/q;+1;-1. The fraction of sp³-hybridized carbons (Fsp3) is 0.217. The fourth-order valence-electron chi connectivity index (χ4n) is 3.46. The van der Waals surface area contributed by atoms with Crippen LogP contribution in [-0.2, 0) is 14.4 Å². The summed E-state index contributed by atoms with van der Waals surface area (Å²) in [6.07, 6.45) is 0.978. The number of Topliss-reactive ketones (excluding diaryl/α,β-unsaturated/α-hetero) is 1. The smallest absolute Gasteiger partial charge is 1.00 e. The van der Waals surface area contributed by atoms with Gasteiger partial charge in [0.15, 0.2) is 11.8 Å². The molecule has 0 spiro atoms. The Hall–Kier alpha value is -2.36. The van der Waals surface area contributed by atoms with Gasteiger partial charge in [0, 0.05) is 18.8 Å². The van der Waals surface area contributed by atoms with Gasteiger partial charge in [0.2, 0.25) is 0 Å². The van der Waals surface area contributed by atoms with Gasteiger partial charge in [-0.05, 0) is 41.8 Å². The molecule has 3 N–H and O–H groups in total. The number of hydrogen-bond acceptors (Lipinski definition) is 4. The number of urea groups is 1. The van der Waals surface area contributed by atoms with E-state index in [0.717, 1.165) is 11.1 Å². The molecule has 0 aromatic heterocycles. The first-order valence-corrected chi connectivity index (χ1v) is 10.7. The molecule has 1 aliphatic rings. The summed E-state index contributed by atoms with van der Waals surface area (Å²) in [5, 5.41) is 15.1. The molecule has 1 heterocycles. The van der Waals surface area contributed by atoms with Crippen LogP contribution < -0.4 is 40.2 Å². The largest absolute Gasteiger partial charge is 1.00 e. The van der Waals surface area contributed by atoms with Gasteiger partial charge in [-0.25, -0.2) is 4.79 Å². The van der Waals surface area contributed by atoms with Crippen molar-refractivity contribution in [1.82, 2.24) is 15.5 Å². The zero-order valence-electron chi connectivity index (χ0n) is 19.8. The topological polar surface area (TPSA) is 116 Å². The number of carboxylic acid groups (broad SMARTS) is 1. The molecule has 2 aromatic rings. The number of nitrogens with zero attached hydrogens (tertiary/aromatic N) is 1. The fourth-order valence-corrected chi connectivity index (χ4v) is 3.76. The SMILES string of the molecule is CC1=CN(C)C(=O)C(NC(=O)NC(CC(=O)O)c2cccc(-c3ccc(Cl)c(Cl)c3)c2)C1=O.[H-].[Na+]. The van der Waals surface area contributed by atoms with E-state index in [4.69, 9.17) is 23.2 Å². The minimum atomic E-state index is -1.38. The first-order valence-electron chi connectivity index (χ1n) is 9.90. The molecule has 2 aromatic carbocycles. The molecule has 3 amide bonds. The van der Waals surface area contributed by atoms with Gasteiger partial charge >= 0.3 is 41.6 Å². The summed E-state index contributed by atoms with van der Waals surface area (Å²) in [4.78, 5) is 49.9. The van der Waals surface area contributed by atoms with E-state index in [1.54, 1.807) is 43.3 Å². The molecule has 0 saturated heterocycles. The van der Waals surface area contributed by atoms with Gasteiger partial charge in [-0.3, -0.25) is 14.4 Å². The third-order valence-electron chi connectivity index (χ3n) is 5.13. The van der Waals surface area contributed by atoms with Crippen LogP contribution in [-0.4, -0.2) is 46.8 Å². The van der Waals surface area contributed by atoms with E-state index in [2.05, 4.69) is 10.6 Å². The summed E-state index contributed by atoms with van der Waals surface area (Å²) < 4.78 is 0. The van der Waals surface area contributed by atoms with Crippen LogP contribution in [0.15, 0.2) is 54.2 Å². The van der Waals surface area contributed by atoms with Crippen molar-refractivity contribution < 1.29 is 55.3 Å². The van der Waals surface area contributed by atoms with Crippen LogP contribution in [0.2, 0.25) is 10.0 Å². The van der Waals surface area contributed by atoms with Gasteiger partial charge in [-0.2, -0.15) is 0 Å². The summed E-state index contributed by atoms with van der Waals surface area (Å²) in [5.74, 6) is -2.25. The number of halogens is 2. The minimum absolute atomic E-state index is 0. The monoisotopic (exact) mass is 513 g/mol. The second-order valence-electron chi connectivity index (χ2n) is 7.58. The quantitative estimate of drug-likeness (QED) is 0.392. The maximum Gasteiger partial charge on any atom is 1.00 e. The number of carbonyl (C=O) groups is 4. The molecule has 0 fully saturated rings. The zero-order valence-corrected chi connectivity index (χ0v) is 22.3. The Morgan fingerprint density at radius 3 is 2.44 bits per heavy atom. The van der Waals surface area contributed by atoms with Gasteiger partial charge in [0.25, 0.3) is 5.91 Å². The van der Waals surface area contributed by atoms with Crippen LogP contribution in [0.3, 0.4) is 0 Å². The molecule has 3 rings (SSSR count). The molecular formula is C23H22Cl2N3NaO5. The van der Waals surface area contributed by atoms with Crippen molar-refractivity contribution in [2.45, 2.75) is 25.4 Å². The zero-order chi connectivity index (χ0) is 24.3. The van der Waals surface area contributed by atoms with E-state index in [-0.39, 0.29) is 31.0 Å². The van der Waals surface area contributed by atoms with Crippen LogP contribution in [0.5, 0.6) is 0 Å². The number of likely N-dealkylation sites (N-methyl/N-ethyl adjacent to an activating group) is 1. The van der Waals surface area contributed by atoms with Gasteiger partial charge in [0.05, 0.1) is 22.5 Å². The van der Waals surface area contributed by atoms with Crippen LogP contribution in [0.4, 0.5) is 4.79 Å². The normalized spacial score (nSPS) is 16.3. The third-order valence-corrected chi connectivity index (χ3v) is 5.87. The summed E-state index contributed by atoms with van der Waals surface area (Å²) in [7, 11) is 1.48. The maximum absolute atomic E-state index is 12.6. The molecule has 34 heavy (non-hydrogen) atoms. The van der Waals surface area contributed by atoms with Crippen molar-refractivity contribution in [2.24, 2.45) is 0 Å². The van der Waals surface area contributed by atoms with Crippen molar-refractivity contribution in [1.29, 1.82) is 0 Å². The number of nitrogens with one attached hydrogen (secondary N) is 2. The maximum atomic E-state index is 12.6. The summed E-state index contributed by atoms with van der Waals surface area (Å²) in [6, 6.07) is 8.89. The molecule has 1 aliphatic heterocycles. The van der Waals surface area contributed by atoms with E-state index < -0.39 is 42.2 Å². The first-order chi connectivity index (χ1) is 15.6. The second kappa shape index (κ2) is 11.9. The molecule has 8 nitrogen and oxygen atoms in total. The molecule has 0 radical (unpaired) electrons. The molecule has 11 heteroatoms. The van der Waals surface area contributed by atoms with Gasteiger partial charge in [-0.15, -0.1) is 0 Å². The van der Waals surface area contributed by atoms with E-state index in [1.165, 1.54) is 18.1 Å².